The first-order valence-electron chi connectivity index (χ1n) is 3.83. The van der Waals surface area contributed by atoms with E-state index in [-0.39, 0.29) is 0 Å². The summed E-state index contributed by atoms with van der Waals surface area (Å²) in [4.78, 5) is 0. The van der Waals surface area contributed by atoms with Crippen LogP contribution in [0.2, 0.25) is 0 Å². The third-order valence-electron chi connectivity index (χ3n) is 1.62. The maximum absolute atomic E-state index is 8.95. The average Bonchev–Trinajstić information content (AvgIpc) is 2.05. The topological polar surface area (TPSA) is 40.5 Å². The van der Waals surface area contributed by atoms with E-state index in [9.17, 15) is 0 Å². The van der Waals surface area contributed by atoms with Gasteiger partial charge in [0.1, 0.15) is 0 Å². The molecule has 0 unspecified atom stereocenters. The SMILES string of the molecule is CC=Cc1ccccc1B(O)O. The van der Waals surface area contributed by atoms with Crippen molar-refractivity contribution in [3.05, 3.63) is 35.9 Å². The highest BCUT2D eigenvalue weighted by Gasteiger charge is 2.12. The van der Waals surface area contributed by atoms with Gasteiger partial charge in [-0.3, -0.25) is 0 Å². The van der Waals surface area contributed by atoms with Crippen molar-refractivity contribution in [3.8, 4) is 0 Å². The quantitative estimate of drug-likeness (QED) is 0.618. The molecular weight excluding hydrogens is 151 g/mol. The Balaban J connectivity index is 3.08. The van der Waals surface area contributed by atoms with Crippen molar-refractivity contribution < 1.29 is 10.0 Å². The second-order valence-electron chi connectivity index (χ2n) is 2.50. The summed E-state index contributed by atoms with van der Waals surface area (Å²) in [6.07, 6.45) is 3.70. The van der Waals surface area contributed by atoms with Gasteiger partial charge in [-0.15, -0.1) is 0 Å². The Morgan fingerprint density at radius 3 is 2.50 bits per heavy atom. The minimum Gasteiger partial charge on any atom is -0.423 e. The van der Waals surface area contributed by atoms with Crippen LogP contribution in [0.3, 0.4) is 0 Å². The van der Waals surface area contributed by atoms with Gasteiger partial charge in [0.2, 0.25) is 0 Å². The zero-order valence-electron chi connectivity index (χ0n) is 6.94. The van der Waals surface area contributed by atoms with Gasteiger partial charge in [0.25, 0.3) is 0 Å². The van der Waals surface area contributed by atoms with Gasteiger partial charge in [-0.25, -0.2) is 0 Å². The fraction of sp³-hybridized carbons (Fsp3) is 0.111. The molecule has 12 heavy (non-hydrogen) atoms. The van der Waals surface area contributed by atoms with Gasteiger partial charge >= 0.3 is 7.12 Å². The molecule has 2 N–H and O–H groups in total. The summed E-state index contributed by atoms with van der Waals surface area (Å²) >= 11 is 0. The van der Waals surface area contributed by atoms with Crippen molar-refractivity contribution >= 4 is 18.7 Å². The molecule has 0 atom stereocenters. The van der Waals surface area contributed by atoms with E-state index in [0.29, 0.717) is 5.46 Å². The van der Waals surface area contributed by atoms with E-state index in [1.54, 1.807) is 12.1 Å². The number of hydrogen-bond acceptors (Lipinski definition) is 2. The van der Waals surface area contributed by atoms with Crippen LogP contribution in [0.25, 0.3) is 6.08 Å². The van der Waals surface area contributed by atoms with Crippen molar-refractivity contribution in [2.24, 2.45) is 0 Å². The molecule has 0 heterocycles. The van der Waals surface area contributed by atoms with Crippen LogP contribution < -0.4 is 5.46 Å². The van der Waals surface area contributed by atoms with E-state index in [1.165, 1.54) is 0 Å². The summed E-state index contributed by atoms with van der Waals surface area (Å²) in [6.45, 7) is 1.89. The van der Waals surface area contributed by atoms with Crippen LogP contribution in [0.15, 0.2) is 30.3 Å². The van der Waals surface area contributed by atoms with Crippen molar-refractivity contribution in [2.75, 3.05) is 0 Å². The fourth-order valence-electron chi connectivity index (χ4n) is 1.08. The highest BCUT2D eigenvalue weighted by atomic mass is 16.4. The van der Waals surface area contributed by atoms with Crippen molar-refractivity contribution in [1.29, 1.82) is 0 Å². The van der Waals surface area contributed by atoms with Crippen LogP contribution in [0, 0.1) is 0 Å². The molecule has 0 aromatic heterocycles. The van der Waals surface area contributed by atoms with E-state index in [1.807, 2.05) is 31.2 Å². The highest BCUT2D eigenvalue weighted by molar-refractivity contribution is 6.59. The number of hydrogen-bond donors (Lipinski definition) is 2. The van der Waals surface area contributed by atoms with Gasteiger partial charge in [-0.2, -0.15) is 0 Å². The molecule has 0 fully saturated rings. The summed E-state index contributed by atoms with van der Waals surface area (Å²) in [5, 5.41) is 17.9. The molecule has 2 nitrogen and oxygen atoms in total. The predicted octanol–water partition coefficient (Wildman–Crippen LogP) is 0.399. The molecule has 62 valence electrons. The largest absolute Gasteiger partial charge is 0.489 e. The number of allylic oxidation sites excluding steroid dienone is 1. The summed E-state index contributed by atoms with van der Waals surface area (Å²) in [7, 11) is -1.39. The summed E-state index contributed by atoms with van der Waals surface area (Å²) in [5.41, 5.74) is 1.38. The Hall–Kier alpha value is -1.06. The third-order valence-corrected chi connectivity index (χ3v) is 1.62. The molecule has 0 amide bonds. The number of benzene rings is 1. The molecule has 0 saturated carbocycles. The van der Waals surface area contributed by atoms with Crippen LogP contribution in [-0.4, -0.2) is 17.2 Å². The second-order valence-corrected chi connectivity index (χ2v) is 2.50. The molecule has 1 rings (SSSR count). The molecule has 0 bridgehead atoms. The van der Waals surface area contributed by atoms with Crippen LogP contribution >= 0.6 is 0 Å². The molecule has 0 aliphatic carbocycles. The maximum atomic E-state index is 8.95. The predicted molar refractivity (Wildman–Crippen MR) is 51.0 cm³/mol. The zero-order chi connectivity index (χ0) is 8.97. The smallest absolute Gasteiger partial charge is 0.423 e. The minimum atomic E-state index is -1.39. The zero-order valence-corrected chi connectivity index (χ0v) is 6.94. The molecule has 0 spiro atoms. The first kappa shape index (κ1) is 9.04. The normalized spacial score (nSPS) is 10.6. The lowest BCUT2D eigenvalue weighted by atomic mass is 9.77. The average molecular weight is 162 g/mol. The van der Waals surface area contributed by atoms with E-state index >= 15 is 0 Å². The van der Waals surface area contributed by atoms with Gasteiger partial charge in [0.15, 0.2) is 0 Å². The lowest BCUT2D eigenvalue weighted by molar-refractivity contribution is 0.425. The molecule has 0 saturated heterocycles. The van der Waals surface area contributed by atoms with Gasteiger partial charge in [0.05, 0.1) is 0 Å². The van der Waals surface area contributed by atoms with Gasteiger partial charge in [-0.1, -0.05) is 36.4 Å². The first-order chi connectivity index (χ1) is 5.75. The Labute approximate surface area is 72.3 Å². The molecule has 1 aromatic rings. The second kappa shape index (κ2) is 4.09. The highest BCUT2D eigenvalue weighted by Crippen LogP contribution is 1.99. The molecular formula is C9H11BO2. The van der Waals surface area contributed by atoms with Gasteiger partial charge in [0, 0.05) is 0 Å². The summed E-state index contributed by atoms with van der Waals surface area (Å²) < 4.78 is 0. The van der Waals surface area contributed by atoms with E-state index < -0.39 is 7.12 Å². The van der Waals surface area contributed by atoms with Crippen LogP contribution in [0.5, 0.6) is 0 Å². The van der Waals surface area contributed by atoms with E-state index in [4.69, 9.17) is 10.0 Å². The Kier molecular flexibility index (Phi) is 3.08. The first-order valence-corrected chi connectivity index (χ1v) is 3.83. The van der Waals surface area contributed by atoms with Crippen molar-refractivity contribution in [3.63, 3.8) is 0 Å². The van der Waals surface area contributed by atoms with Crippen molar-refractivity contribution in [1.82, 2.24) is 0 Å². The molecule has 1 aromatic carbocycles. The van der Waals surface area contributed by atoms with Gasteiger partial charge < -0.3 is 10.0 Å². The summed E-state index contributed by atoms with van der Waals surface area (Å²) in [5.74, 6) is 0. The number of rotatable bonds is 2. The fourth-order valence-corrected chi connectivity index (χ4v) is 1.08. The van der Waals surface area contributed by atoms with Crippen LogP contribution in [0.1, 0.15) is 12.5 Å². The lowest BCUT2D eigenvalue weighted by Gasteiger charge is -2.02. The Morgan fingerprint density at radius 2 is 1.92 bits per heavy atom. The lowest BCUT2D eigenvalue weighted by Crippen LogP contribution is -2.31. The molecule has 3 heteroatoms. The monoisotopic (exact) mass is 162 g/mol. The van der Waals surface area contributed by atoms with Crippen molar-refractivity contribution in [2.45, 2.75) is 6.92 Å². The Morgan fingerprint density at radius 1 is 1.25 bits per heavy atom. The van der Waals surface area contributed by atoms with Gasteiger partial charge in [-0.05, 0) is 17.9 Å². The van der Waals surface area contributed by atoms with Crippen LogP contribution in [0.4, 0.5) is 0 Å². The molecule has 0 aliphatic rings. The Bertz CT molecular complexity index is 282. The van der Waals surface area contributed by atoms with E-state index in [2.05, 4.69) is 0 Å². The van der Waals surface area contributed by atoms with Crippen LogP contribution in [-0.2, 0) is 0 Å². The molecule has 0 aliphatic heterocycles. The van der Waals surface area contributed by atoms with E-state index in [0.717, 1.165) is 5.56 Å². The maximum Gasteiger partial charge on any atom is 0.489 e. The molecule has 0 radical (unpaired) electrons. The third kappa shape index (κ3) is 1.97. The standard InChI is InChI=1S/C9H11BO2/c1-2-5-8-6-3-4-7-9(8)10(11)12/h2-7,11-12H,1H3. The summed E-state index contributed by atoms with van der Waals surface area (Å²) in [6, 6.07) is 7.18. The minimum absolute atomic E-state index is 0.538.